The minimum absolute atomic E-state index is 0.233. The van der Waals surface area contributed by atoms with Crippen LogP contribution in [0.3, 0.4) is 0 Å². The lowest BCUT2D eigenvalue weighted by molar-refractivity contribution is -0.135. The number of aromatic nitrogens is 1. The van der Waals surface area contributed by atoms with E-state index >= 15 is 0 Å². The first-order valence-electron chi connectivity index (χ1n) is 6.41. The smallest absolute Gasteiger partial charge is 0.323 e. The molecule has 0 bridgehead atoms. The van der Waals surface area contributed by atoms with Gasteiger partial charge < -0.3 is 14.7 Å². The molecule has 0 radical (unpaired) electrons. The summed E-state index contributed by atoms with van der Waals surface area (Å²) in [5.41, 5.74) is 1.07. The van der Waals surface area contributed by atoms with Crippen molar-refractivity contribution in [3.8, 4) is 6.07 Å². The highest BCUT2D eigenvalue weighted by Crippen LogP contribution is 2.22. The number of carbonyl (C=O) groups is 1. The van der Waals surface area contributed by atoms with Gasteiger partial charge in [-0.3, -0.25) is 4.79 Å². The summed E-state index contributed by atoms with van der Waals surface area (Å²) >= 11 is 0. The Bertz CT molecular complexity index is 694. The van der Waals surface area contributed by atoms with Crippen LogP contribution in [0, 0.1) is 11.3 Å². The summed E-state index contributed by atoms with van der Waals surface area (Å²) < 4.78 is 4.99. The van der Waals surface area contributed by atoms with Gasteiger partial charge >= 0.3 is 5.97 Å². The van der Waals surface area contributed by atoms with Gasteiger partial charge in [0.05, 0.1) is 17.7 Å². The fourth-order valence-corrected chi connectivity index (χ4v) is 2.05. The van der Waals surface area contributed by atoms with Crippen LogP contribution in [0.15, 0.2) is 30.3 Å². The van der Waals surface area contributed by atoms with E-state index in [2.05, 4.69) is 11.1 Å². The third-order valence-electron chi connectivity index (χ3n) is 3.02. The minimum atomic E-state index is -0.982. The molecular formula is C15H15N3O3. The Morgan fingerprint density at radius 1 is 1.48 bits per heavy atom. The molecule has 0 saturated carbocycles. The van der Waals surface area contributed by atoms with Crippen molar-refractivity contribution in [1.29, 1.82) is 5.26 Å². The zero-order chi connectivity index (χ0) is 15.2. The van der Waals surface area contributed by atoms with Crippen LogP contribution in [-0.4, -0.2) is 42.9 Å². The molecule has 2 aromatic rings. The quantitative estimate of drug-likeness (QED) is 0.868. The number of hydrogen-bond donors (Lipinski definition) is 1. The van der Waals surface area contributed by atoms with Gasteiger partial charge in [0.25, 0.3) is 0 Å². The number of benzene rings is 1. The van der Waals surface area contributed by atoms with Gasteiger partial charge in [-0.1, -0.05) is 18.2 Å². The molecule has 1 heterocycles. The molecule has 0 aliphatic carbocycles. The lowest BCUT2D eigenvalue weighted by atomic mass is 10.1. The molecular weight excluding hydrogens is 270 g/mol. The maximum absolute atomic E-state index is 11.0. The van der Waals surface area contributed by atoms with E-state index in [0.29, 0.717) is 24.5 Å². The lowest BCUT2D eigenvalue weighted by Crippen LogP contribution is -2.34. The number of fused-ring (bicyclic) bond motifs is 1. The number of anilines is 1. The molecule has 0 aliphatic heterocycles. The van der Waals surface area contributed by atoms with Crippen LogP contribution in [0.5, 0.6) is 0 Å². The second-order valence-corrected chi connectivity index (χ2v) is 4.47. The Kier molecular flexibility index (Phi) is 4.69. The van der Waals surface area contributed by atoms with Crippen LogP contribution in [0.2, 0.25) is 0 Å². The van der Waals surface area contributed by atoms with Gasteiger partial charge in [0.2, 0.25) is 0 Å². The summed E-state index contributed by atoms with van der Waals surface area (Å²) in [7, 11) is 1.54. The van der Waals surface area contributed by atoms with E-state index in [9.17, 15) is 10.1 Å². The molecule has 0 atom stereocenters. The highest BCUT2D eigenvalue weighted by Gasteiger charge is 2.17. The fourth-order valence-electron chi connectivity index (χ4n) is 2.05. The predicted molar refractivity (Wildman–Crippen MR) is 78.2 cm³/mol. The first-order valence-corrected chi connectivity index (χ1v) is 6.41. The molecule has 1 aromatic carbocycles. The molecule has 0 fully saturated rings. The number of ether oxygens (including phenoxy) is 1. The summed E-state index contributed by atoms with van der Waals surface area (Å²) in [4.78, 5) is 17.0. The van der Waals surface area contributed by atoms with Crippen LogP contribution in [0.25, 0.3) is 10.9 Å². The van der Waals surface area contributed by atoms with Crippen molar-refractivity contribution in [1.82, 2.24) is 4.98 Å². The van der Waals surface area contributed by atoms with Crippen LogP contribution < -0.4 is 4.90 Å². The van der Waals surface area contributed by atoms with E-state index in [1.807, 2.05) is 24.3 Å². The van der Waals surface area contributed by atoms with Gasteiger partial charge in [-0.25, -0.2) is 4.98 Å². The molecule has 0 unspecified atom stereocenters. The number of carboxylic acids is 1. The number of carboxylic acid groups (broad SMARTS) is 1. The number of para-hydroxylation sites is 1. The molecule has 6 heteroatoms. The topological polar surface area (TPSA) is 86.4 Å². The van der Waals surface area contributed by atoms with Crippen molar-refractivity contribution >= 4 is 22.7 Å². The maximum atomic E-state index is 11.0. The van der Waals surface area contributed by atoms with Crippen molar-refractivity contribution in [2.24, 2.45) is 0 Å². The highest BCUT2D eigenvalue weighted by atomic mass is 16.5. The van der Waals surface area contributed by atoms with Gasteiger partial charge in [0, 0.05) is 19.0 Å². The summed E-state index contributed by atoms with van der Waals surface area (Å²) in [6, 6.07) is 11.2. The summed E-state index contributed by atoms with van der Waals surface area (Å²) in [6.45, 7) is 0.471. The molecule has 0 spiro atoms. The van der Waals surface area contributed by atoms with Crippen LogP contribution in [0.1, 0.15) is 5.56 Å². The van der Waals surface area contributed by atoms with Crippen molar-refractivity contribution < 1.29 is 14.6 Å². The molecule has 0 aliphatic rings. The molecule has 2 rings (SSSR count). The number of hydrogen-bond acceptors (Lipinski definition) is 5. The second kappa shape index (κ2) is 6.68. The molecule has 0 saturated heterocycles. The Morgan fingerprint density at radius 2 is 2.24 bits per heavy atom. The number of pyridine rings is 1. The number of aliphatic carboxylic acids is 1. The summed E-state index contributed by atoms with van der Waals surface area (Å²) in [5.74, 6) is -0.611. The third kappa shape index (κ3) is 3.46. The monoisotopic (exact) mass is 285 g/mol. The van der Waals surface area contributed by atoms with Crippen molar-refractivity contribution in [3.63, 3.8) is 0 Å². The van der Waals surface area contributed by atoms with Crippen molar-refractivity contribution in [2.45, 2.75) is 0 Å². The first-order chi connectivity index (χ1) is 10.2. The molecule has 1 aromatic heterocycles. The summed E-state index contributed by atoms with van der Waals surface area (Å²) in [5, 5.41) is 19.2. The predicted octanol–water partition coefficient (Wildman–Crippen LogP) is 1.64. The number of methoxy groups -OCH3 is 1. The lowest BCUT2D eigenvalue weighted by Gasteiger charge is -2.22. The fraction of sp³-hybridized carbons (Fsp3) is 0.267. The number of nitrogens with zero attached hydrogens (tertiary/aromatic N) is 3. The molecule has 1 N–H and O–H groups in total. The van der Waals surface area contributed by atoms with E-state index in [4.69, 9.17) is 9.84 Å². The summed E-state index contributed by atoms with van der Waals surface area (Å²) in [6.07, 6.45) is 0. The Hall–Kier alpha value is -2.65. The van der Waals surface area contributed by atoms with Gasteiger partial charge in [0.15, 0.2) is 0 Å². The average molecular weight is 285 g/mol. The van der Waals surface area contributed by atoms with Gasteiger partial charge in [-0.15, -0.1) is 0 Å². The van der Waals surface area contributed by atoms with Crippen LogP contribution in [-0.2, 0) is 9.53 Å². The van der Waals surface area contributed by atoms with E-state index in [-0.39, 0.29) is 6.54 Å². The van der Waals surface area contributed by atoms with Crippen LogP contribution >= 0.6 is 0 Å². The average Bonchev–Trinajstić information content (AvgIpc) is 2.49. The highest BCUT2D eigenvalue weighted by molar-refractivity contribution is 5.84. The van der Waals surface area contributed by atoms with E-state index in [1.165, 1.54) is 12.0 Å². The zero-order valence-corrected chi connectivity index (χ0v) is 11.6. The van der Waals surface area contributed by atoms with E-state index < -0.39 is 5.97 Å². The van der Waals surface area contributed by atoms with Crippen molar-refractivity contribution in [3.05, 3.63) is 35.9 Å². The first kappa shape index (κ1) is 14.8. The number of nitriles is 1. The molecule has 21 heavy (non-hydrogen) atoms. The molecule has 6 nitrogen and oxygen atoms in total. The van der Waals surface area contributed by atoms with Gasteiger partial charge in [-0.05, 0) is 12.1 Å². The SMILES string of the molecule is COCCN(CC(=O)O)c1nc2ccccc2cc1C#N. The van der Waals surface area contributed by atoms with E-state index in [1.54, 1.807) is 6.07 Å². The molecule has 108 valence electrons. The largest absolute Gasteiger partial charge is 0.480 e. The van der Waals surface area contributed by atoms with Crippen molar-refractivity contribution in [2.75, 3.05) is 31.7 Å². The Morgan fingerprint density at radius 3 is 2.90 bits per heavy atom. The van der Waals surface area contributed by atoms with Gasteiger partial charge in [-0.2, -0.15) is 5.26 Å². The Labute approximate surface area is 122 Å². The van der Waals surface area contributed by atoms with Crippen LogP contribution in [0.4, 0.5) is 5.82 Å². The van der Waals surface area contributed by atoms with Gasteiger partial charge in [0.1, 0.15) is 18.4 Å². The third-order valence-corrected chi connectivity index (χ3v) is 3.02. The second-order valence-electron chi connectivity index (χ2n) is 4.47. The zero-order valence-electron chi connectivity index (χ0n) is 11.6. The minimum Gasteiger partial charge on any atom is -0.480 e. The normalized spacial score (nSPS) is 10.3. The molecule has 0 amide bonds. The Balaban J connectivity index is 2.49. The van der Waals surface area contributed by atoms with E-state index in [0.717, 1.165) is 10.9 Å². The maximum Gasteiger partial charge on any atom is 0.323 e. The number of rotatable bonds is 6. The standard InChI is InChI=1S/C15H15N3O3/c1-21-7-6-18(10-14(19)20)15-12(9-16)8-11-4-2-3-5-13(11)17-15/h2-5,8H,6-7,10H2,1H3,(H,19,20).